The second-order valence-corrected chi connectivity index (χ2v) is 4.67. The first-order valence-electron chi connectivity index (χ1n) is 6.42. The van der Waals surface area contributed by atoms with Crippen molar-refractivity contribution < 1.29 is 14.3 Å². The second kappa shape index (κ2) is 5.65. The summed E-state index contributed by atoms with van der Waals surface area (Å²) < 4.78 is 11.5. The van der Waals surface area contributed by atoms with E-state index >= 15 is 0 Å². The van der Waals surface area contributed by atoms with E-state index in [0.717, 1.165) is 52.0 Å². The van der Waals surface area contributed by atoms with Crippen LogP contribution in [0.1, 0.15) is 32.1 Å². The molecular formula is C13H21NO3. The highest BCUT2D eigenvalue weighted by Crippen LogP contribution is 2.30. The standard InChI is InChI=1S/C13H21NO3/c1-2-3-5-12(15)14-8-6-13(7-9-14)16-10-4-11-17-13/h2H,1,3-11H2. The molecule has 2 aliphatic rings. The fourth-order valence-electron chi connectivity index (χ4n) is 2.39. The zero-order chi connectivity index (χ0) is 12.1. The van der Waals surface area contributed by atoms with E-state index in [1.54, 1.807) is 6.08 Å². The lowest BCUT2D eigenvalue weighted by Crippen LogP contribution is -2.51. The molecule has 0 radical (unpaired) electrons. The molecule has 2 heterocycles. The van der Waals surface area contributed by atoms with Crippen molar-refractivity contribution in [1.82, 2.24) is 4.90 Å². The summed E-state index contributed by atoms with van der Waals surface area (Å²) in [5.74, 6) is -0.177. The molecule has 96 valence electrons. The molecule has 0 aliphatic carbocycles. The van der Waals surface area contributed by atoms with Gasteiger partial charge in [0.2, 0.25) is 5.91 Å². The molecule has 0 saturated carbocycles. The smallest absolute Gasteiger partial charge is 0.222 e. The number of hydrogen-bond donors (Lipinski definition) is 0. The number of likely N-dealkylation sites (tertiary alicyclic amines) is 1. The summed E-state index contributed by atoms with van der Waals surface area (Å²) in [6, 6.07) is 0. The van der Waals surface area contributed by atoms with Gasteiger partial charge in [0.05, 0.1) is 13.2 Å². The van der Waals surface area contributed by atoms with E-state index in [4.69, 9.17) is 9.47 Å². The number of allylic oxidation sites excluding steroid dienone is 1. The first kappa shape index (κ1) is 12.6. The number of rotatable bonds is 3. The molecule has 0 atom stereocenters. The Morgan fingerprint density at radius 1 is 1.29 bits per heavy atom. The molecule has 0 aromatic heterocycles. The third-order valence-electron chi connectivity index (χ3n) is 3.46. The molecule has 17 heavy (non-hydrogen) atoms. The van der Waals surface area contributed by atoms with Gasteiger partial charge in [-0.2, -0.15) is 0 Å². The van der Waals surface area contributed by atoms with Crippen LogP contribution >= 0.6 is 0 Å². The molecule has 0 unspecified atom stereocenters. The Hall–Kier alpha value is -0.870. The third kappa shape index (κ3) is 3.07. The highest BCUT2D eigenvalue weighted by molar-refractivity contribution is 5.76. The summed E-state index contributed by atoms with van der Waals surface area (Å²) in [6.45, 7) is 6.69. The maximum absolute atomic E-state index is 11.8. The van der Waals surface area contributed by atoms with Crippen molar-refractivity contribution in [2.75, 3.05) is 26.3 Å². The van der Waals surface area contributed by atoms with E-state index in [2.05, 4.69) is 6.58 Å². The van der Waals surface area contributed by atoms with Crippen molar-refractivity contribution in [3.63, 3.8) is 0 Å². The van der Waals surface area contributed by atoms with Gasteiger partial charge in [-0.25, -0.2) is 0 Å². The van der Waals surface area contributed by atoms with Gasteiger partial charge in [-0.3, -0.25) is 4.79 Å². The van der Waals surface area contributed by atoms with Crippen LogP contribution in [0, 0.1) is 0 Å². The molecule has 2 rings (SSSR count). The van der Waals surface area contributed by atoms with E-state index in [1.807, 2.05) is 4.90 Å². The Balaban J connectivity index is 1.80. The molecule has 2 saturated heterocycles. The molecule has 2 fully saturated rings. The van der Waals surface area contributed by atoms with Crippen LogP contribution in [-0.2, 0) is 14.3 Å². The molecule has 4 heteroatoms. The quantitative estimate of drug-likeness (QED) is 0.704. The molecule has 0 aromatic rings. The van der Waals surface area contributed by atoms with Gasteiger partial charge < -0.3 is 14.4 Å². The predicted octanol–water partition coefficient (Wildman–Crippen LogP) is 1.71. The summed E-state index contributed by atoms with van der Waals surface area (Å²) in [6.07, 6.45) is 5.69. The average Bonchev–Trinajstić information content (AvgIpc) is 2.38. The highest BCUT2D eigenvalue weighted by atomic mass is 16.7. The first-order valence-corrected chi connectivity index (χ1v) is 6.42. The molecule has 2 aliphatic heterocycles. The normalized spacial score (nSPS) is 23.6. The van der Waals surface area contributed by atoms with Crippen molar-refractivity contribution in [3.8, 4) is 0 Å². The lowest BCUT2D eigenvalue weighted by atomic mass is 10.0. The van der Waals surface area contributed by atoms with Crippen LogP contribution in [0.2, 0.25) is 0 Å². The molecular weight excluding hydrogens is 218 g/mol. The zero-order valence-corrected chi connectivity index (χ0v) is 10.3. The summed E-state index contributed by atoms with van der Waals surface area (Å²) in [7, 11) is 0. The molecule has 1 amide bonds. The number of amides is 1. The van der Waals surface area contributed by atoms with Crippen molar-refractivity contribution in [1.29, 1.82) is 0 Å². The van der Waals surface area contributed by atoms with E-state index < -0.39 is 5.79 Å². The van der Waals surface area contributed by atoms with Gasteiger partial charge in [0.1, 0.15) is 0 Å². The predicted molar refractivity (Wildman–Crippen MR) is 64.5 cm³/mol. The Bertz CT molecular complexity index is 274. The Labute approximate surface area is 103 Å². The lowest BCUT2D eigenvalue weighted by molar-refractivity contribution is -0.282. The molecule has 4 nitrogen and oxygen atoms in total. The maximum Gasteiger partial charge on any atom is 0.222 e. The van der Waals surface area contributed by atoms with Crippen LogP contribution in [0.25, 0.3) is 0 Å². The first-order chi connectivity index (χ1) is 8.26. The fourth-order valence-corrected chi connectivity index (χ4v) is 2.39. The number of carbonyl (C=O) groups excluding carboxylic acids is 1. The number of hydrogen-bond acceptors (Lipinski definition) is 3. The minimum Gasteiger partial charge on any atom is -0.350 e. The zero-order valence-electron chi connectivity index (χ0n) is 10.3. The number of ether oxygens (including phenoxy) is 2. The summed E-state index contributed by atoms with van der Waals surface area (Å²) in [5, 5.41) is 0. The minimum atomic E-state index is -0.395. The number of carbonyl (C=O) groups is 1. The van der Waals surface area contributed by atoms with Gasteiger partial charge in [-0.15, -0.1) is 6.58 Å². The van der Waals surface area contributed by atoms with E-state index in [0.29, 0.717) is 6.42 Å². The van der Waals surface area contributed by atoms with Crippen LogP contribution in [0.5, 0.6) is 0 Å². The van der Waals surface area contributed by atoms with E-state index in [9.17, 15) is 4.79 Å². The van der Waals surface area contributed by atoms with Crippen LogP contribution in [0.4, 0.5) is 0 Å². The Morgan fingerprint density at radius 3 is 2.53 bits per heavy atom. The summed E-state index contributed by atoms with van der Waals surface area (Å²) >= 11 is 0. The minimum absolute atomic E-state index is 0.218. The van der Waals surface area contributed by atoms with Crippen molar-refractivity contribution >= 4 is 5.91 Å². The molecule has 0 aromatic carbocycles. The highest BCUT2D eigenvalue weighted by Gasteiger charge is 2.39. The van der Waals surface area contributed by atoms with Gasteiger partial charge in [-0.05, 0) is 12.8 Å². The largest absolute Gasteiger partial charge is 0.350 e. The molecule has 1 spiro atoms. The van der Waals surface area contributed by atoms with Gasteiger partial charge in [0.25, 0.3) is 0 Å². The average molecular weight is 239 g/mol. The van der Waals surface area contributed by atoms with Crippen LogP contribution < -0.4 is 0 Å². The lowest BCUT2D eigenvalue weighted by Gasteiger charge is -2.43. The van der Waals surface area contributed by atoms with Crippen molar-refractivity contribution in [2.45, 2.75) is 37.9 Å². The van der Waals surface area contributed by atoms with Gasteiger partial charge in [0.15, 0.2) is 5.79 Å². The van der Waals surface area contributed by atoms with Crippen LogP contribution in [0.3, 0.4) is 0 Å². The van der Waals surface area contributed by atoms with Crippen LogP contribution in [0.15, 0.2) is 12.7 Å². The Morgan fingerprint density at radius 2 is 1.94 bits per heavy atom. The van der Waals surface area contributed by atoms with Gasteiger partial charge in [0, 0.05) is 32.4 Å². The van der Waals surface area contributed by atoms with E-state index in [-0.39, 0.29) is 5.91 Å². The monoisotopic (exact) mass is 239 g/mol. The molecule has 0 bridgehead atoms. The SMILES string of the molecule is C=CCCC(=O)N1CCC2(CC1)OCCCO2. The van der Waals surface area contributed by atoms with E-state index in [1.165, 1.54) is 0 Å². The van der Waals surface area contributed by atoms with Gasteiger partial charge in [-0.1, -0.05) is 6.08 Å². The topological polar surface area (TPSA) is 38.8 Å². The third-order valence-corrected chi connectivity index (χ3v) is 3.46. The fraction of sp³-hybridized carbons (Fsp3) is 0.769. The number of nitrogens with zero attached hydrogens (tertiary/aromatic N) is 1. The van der Waals surface area contributed by atoms with Crippen molar-refractivity contribution in [3.05, 3.63) is 12.7 Å². The molecule has 0 N–H and O–H groups in total. The summed E-state index contributed by atoms with van der Waals surface area (Å²) in [4.78, 5) is 13.7. The van der Waals surface area contributed by atoms with Gasteiger partial charge >= 0.3 is 0 Å². The second-order valence-electron chi connectivity index (χ2n) is 4.67. The van der Waals surface area contributed by atoms with Crippen molar-refractivity contribution in [2.24, 2.45) is 0 Å². The summed E-state index contributed by atoms with van der Waals surface area (Å²) in [5.41, 5.74) is 0. The van der Waals surface area contributed by atoms with Crippen LogP contribution in [-0.4, -0.2) is 42.9 Å². The number of piperidine rings is 1. The Kier molecular flexibility index (Phi) is 4.18. The maximum atomic E-state index is 11.8.